The van der Waals surface area contributed by atoms with Gasteiger partial charge >= 0.3 is 0 Å². The largest absolute Gasteiger partial charge is 0.299 e. The molecule has 0 aliphatic carbocycles. The predicted molar refractivity (Wildman–Crippen MR) is 79.9 cm³/mol. The molecule has 1 heterocycles. The average Bonchev–Trinajstić information content (AvgIpc) is 2.90. The van der Waals surface area contributed by atoms with Crippen molar-refractivity contribution in [1.29, 1.82) is 0 Å². The van der Waals surface area contributed by atoms with Crippen LogP contribution in [0.4, 0.5) is 8.78 Å². The molecule has 0 saturated carbocycles. The third-order valence-corrected chi connectivity index (χ3v) is 4.14. The van der Waals surface area contributed by atoms with Crippen molar-refractivity contribution in [3.63, 3.8) is 0 Å². The third kappa shape index (κ3) is 3.67. The molecule has 0 N–H and O–H groups in total. The lowest BCUT2D eigenvalue weighted by Gasteiger charge is -2.16. The van der Waals surface area contributed by atoms with E-state index in [0.717, 1.165) is 32.1 Å². The first-order chi connectivity index (χ1) is 10.2. The van der Waals surface area contributed by atoms with Crippen LogP contribution in [0.15, 0.2) is 48.5 Å². The Morgan fingerprint density at radius 3 is 2.62 bits per heavy atom. The van der Waals surface area contributed by atoms with E-state index >= 15 is 0 Å². The van der Waals surface area contributed by atoms with Crippen LogP contribution < -0.4 is 0 Å². The summed E-state index contributed by atoms with van der Waals surface area (Å²) < 4.78 is 26.6. The van der Waals surface area contributed by atoms with Gasteiger partial charge in [-0.25, -0.2) is 8.78 Å². The highest BCUT2D eigenvalue weighted by molar-refractivity contribution is 5.19. The minimum absolute atomic E-state index is 0.420. The maximum Gasteiger partial charge on any atom is 0.129 e. The second-order valence-electron chi connectivity index (χ2n) is 5.82. The van der Waals surface area contributed by atoms with Crippen molar-refractivity contribution in [2.45, 2.75) is 19.4 Å². The van der Waals surface area contributed by atoms with Crippen LogP contribution in [0.2, 0.25) is 0 Å². The van der Waals surface area contributed by atoms with Crippen LogP contribution in [0.25, 0.3) is 0 Å². The highest BCUT2D eigenvalue weighted by Crippen LogP contribution is 2.23. The molecule has 0 radical (unpaired) electrons. The fourth-order valence-electron chi connectivity index (χ4n) is 3.06. The van der Waals surface area contributed by atoms with E-state index < -0.39 is 11.6 Å². The zero-order valence-electron chi connectivity index (χ0n) is 11.9. The second-order valence-corrected chi connectivity index (χ2v) is 5.82. The fraction of sp³-hybridized carbons (Fsp3) is 0.333. The zero-order valence-corrected chi connectivity index (χ0v) is 11.9. The van der Waals surface area contributed by atoms with Crippen LogP contribution in [-0.2, 0) is 13.0 Å². The molecule has 1 atom stereocenters. The standard InChI is InChI=1S/C18H19F2N/c19-17-7-6-16(18(20)11-17)10-15-8-9-21(13-15)12-14-4-2-1-3-5-14/h1-7,11,15H,8-10,12-13H2. The van der Waals surface area contributed by atoms with Gasteiger partial charge in [-0.15, -0.1) is 0 Å². The van der Waals surface area contributed by atoms with E-state index in [-0.39, 0.29) is 0 Å². The summed E-state index contributed by atoms with van der Waals surface area (Å²) in [6, 6.07) is 14.3. The first-order valence-electron chi connectivity index (χ1n) is 7.41. The van der Waals surface area contributed by atoms with Gasteiger partial charge in [0.25, 0.3) is 0 Å². The Hall–Kier alpha value is -1.74. The molecule has 0 aromatic heterocycles. The number of benzene rings is 2. The van der Waals surface area contributed by atoms with Gasteiger partial charge in [-0.2, -0.15) is 0 Å². The number of hydrogen-bond donors (Lipinski definition) is 0. The van der Waals surface area contributed by atoms with E-state index in [1.165, 1.54) is 11.6 Å². The number of halogens is 2. The highest BCUT2D eigenvalue weighted by atomic mass is 19.1. The summed E-state index contributed by atoms with van der Waals surface area (Å²) in [5.74, 6) is -0.474. The fourth-order valence-corrected chi connectivity index (χ4v) is 3.06. The maximum absolute atomic E-state index is 13.7. The molecule has 0 bridgehead atoms. The summed E-state index contributed by atoms with van der Waals surface area (Å²) in [6.07, 6.45) is 1.76. The van der Waals surface area contributed by atoms with Crippen LogP contribution >= 0.6 is 0 Å². The van der Waals surface area contributed by atoms with Crippen molar-refractivity contribution >= 4 is 0 Å². The normalized spacial score (nSPS) is 19.0. The zero-order chi connectivity index (χ0) is 14.7. The average molecular weight is 287 g/mol. The first-order valence-corrected chi connectivity index (χ1v) is 7.41. The molecule has 2 aromatic rings. The molecule has 1 saturated heterocycles. The molecule has 1 unspecified atom stereocenters. The Morgan fingerprint density at radius 1 is 1.05 bits per heavy atom. The Bertz CT molecular complexity index is 597. The smallest absolute Gasteiger partial charge is 0.129 e. The van der Waals surface area contributed by atoms with Crippen molar-refractivity contribution in [2.24, 2.45) is 5.92 Å². The molecule has 1 fully saturated rings. The van der Waals surface area contributed by atoms with Crippen molar-refractivity contribution < 1.29 is 8.78 Å². The number of hydrogen-bond acceptors (Lipinski definition) is 1. The second kappa shape index (κ2) is 6.35. The van der Waals surface area contributed by atoms with Crippen molar-refractivity contribution in [3.05, 3.63) is 71.3 Å². The van der Waals surface area contributed by atoms with Gasteiger partial charge < -0.3 is 0 Å². The van der Waals surface area contributed by atoms with Gasteiger partial charge in [-0.1, -0.05) is 36.4 Å². The van der Waals surface area contributed by atoms with Gasteiger partial charge in [-0.3, -0.25) is 4.90 Å². The summed E-state index contributed by atoms with van der Waals surface area (Å²) >= 11 is 0. The first kappa shape index (κ1) is 14.2. The van der Waals surface area contributed by atoms with Gasteiger partial charge in [-0.05, 0) is 42.5 Å². The minimum Gasteiger partial charge on any atom is -0.299 e. The quantitative estimate of drug-likeness (QED) is 0.820. The molecule has 110 valence electrons. The summed E-state index contributed by atoms with van der Waals surface area (Å²) in [7, 11) is 0. The summed E-state index contributed by atoms with van der Waals surface area (Å²) in [5.41, 5.74) is 1.94. The van der Waals surface area contributed by atoms with Crippen molar-refractivity contribution in [2.75, 3.05) is 13.1 Å². The molecule has 1 nitrogen and oxygen atoms in total. The monoisotopic (exact) mass is 287 g/mol. The molecular formula is C18H19F2N. The third-order valence-electron chi connectivity index (χ3n) is 4.14. The van der Waals surface area contributed by atoms with Gasteiger partial charge in [0.15, 0.2) is 0 Å². The molecule has 0 amide bonds. The number of nitrogens with zero attached hydrogens (tertiary/aromatic N) is 1. The number of likely N-dealkylation sites (tertiary alicyclic amines) is 1. The predicted octanol–water partition coefficient (Wildman–Crippen LogP) is 4.03. The molecule has 21 heavy (non-hydrogen) atoms. The van der Waals surface area contributed by atoms with E-state index in [9.17, 15) is 8.78 Å². The molecular weight excluding hydrogens is 268 g/mol. The SMILES string of the molecule is Fc1ccc(CC2CCN(Cc3ccccc3)C2)c(F)c1. The highest BCUT2D eigenvalue weighted by Gasteiger charge is 2.23. The van der Waals surface area contributed by atoms with Crippen molar-refractivity contribution in [1.82, 2.24) is 4.90 Å². The van der Waals surface area contributed by atoms with E-state index in [1.807, 2.05) is 6.07 Å². The van der Waals surface area contributed by atoms with Gasteiger partial charge in [0.05, 0.1) is 0 Å². The summed E-state index contributed by atoms with van der Waals surface area (Å²) in [5, 5.41) is 0. The Balaban J connectivity index is 1.57. The summed E-state index contributed by atoms with van der Waals surface area (Å²) in [6.45, 7) is 2.97. The molecule has 1 aliphatic heterocycles. The Labute approximate surface area is 124 Å². The van der Waals surface area contributed by atoms with Crippen LogP contribution in [0, 0.1) is 17.6 Å². The van der Waals surface area contributed by atoms with E-state index in [2.05, 4.69) is 29.2 Å². The van der Waals surface area contributed by atoms with Gasteiger partial charge in [0.1, 0.15) is 11.6 Å². The summed E-state index contributed by atoms with van der Waals surface area (Å²) in [4.78, 5) is 2.40. The molecule has 0 spiro atoms. The number of rotatable bonds is 4. The van der Waals surface area contributed by atoms with Crippen LogP contribution in [0.5, 0.6) is 0 Å². The van der Waals surface area contributed by atoms with Gasteiger partial charge in [0, 0.05) is 19.2 Å². The van der Waals surface area contributed by atoms with Crippen LogP contribution in [0.1, 0.15) is 17.5 Å². The Morgan fingerprint density at radius 2 is 1.86 bits per heavy atom. The van der Waals surface area contributed by atoms with Crippen LogP contribution in [0.3, 0.4) is 0 Å². The van der Waals surface area contributed by atoms with Gasteiger partial charge in [0.2, 0.25) is 0 Å². The van der Waals surface area contributed by atoms with E-state index in [4.69, 9.17) is 0 Å². The molecule has 2 aromatic carbocycles. The molecule has 3 rings (SSSR count). The molecule has 1 aliphatic rings. The lowest BCUT2D eigenvalue weighted by molar-refractivity contribution is 0.316. The topological polar surface area (TPSA) is 3.24 Å². The van der Waals surface area contributed by atoms with Crippen LogP contribution in [-0.4, -0.2) is 18.0 Å². The maximum atomic E-state index is 13.7. The lowest BCUT2D eigenvalue weighted by atomic mass is 9.98. The molecule has 3 heteroatoms. The minimum atomic E-state index is -0.506. The Kier molecular flexibility index (Phi) is 4.30. The van der Waals surface area contributed by atoms with E-state index in [1.54, 1.807) is 6.07 Å². The lowest BCUT2D eigenvalue weighted by Crippen LogP contribution is -2.20. The van der Waals surface area contributed by atoms with Crippen molar-refractivity contribution in [3.8, 4) is 0 Å². The van der Waals surface area contributed by atoms with E-state index in [0.29, 0.717) is 17.9 Å².